The van der Waals surface area contributed by atoms with Gasteiger partial charge in [0.05, 0.1) is 11.1 Å². The zero-order valence-electron chi connectivity index (χ0n) is 13.7. The van der Waals surface area contributed by atoms with Gasteiger partial charge in [-0.2, -0.15) is 4.98 Å². The highest BCUT2D eigenvalue weighted by Crippen LogP contribution is 2.29. The summed E-state index contributed by atoms with van der Waals surface area (Å²) in [5.74, 6) is 0.326. The molecule has 0 fully saturated rings. The summed E-state index contributed by atoms with van der Waals surface area (Å²) in [5, 5.41) is 1.41. The number of fused-ring (bicyclic) bond motifs is 2. The minimum atomic E-state index is -0.584. The first kappa shape index (κ1) is 15.6. The van der Waals surface area contributed by atoms with Gasteiger partial charge in [0.1, 0.15) is 0 Å². The van der Waals surface area contributed by atoms with E-state index in [1.165, 1.54) is 7.05 Å². The molecular formula is C19H14ClN3O2. The number of nitrogens with zero attached hydrogens (tertiary/aromatic N) is 3. The van der Waals surface area contributed by atoms with Crippen LogP contribution in [0.4, 0.5) is 0 Å². The van der Waals surface area contributed by atoms with Crippen LogP contribution in [-0.4, -0.2) is 14.1 Å². The van der Waals surface area contributed by atoms with Crippen molar-refractivity contribution in [2.24, 2.45) is 7.05 Å². The van der Waals surface area contributed by atoms with Crippen LogP contribution in [0.25, 0.3) is 28.0 Å². The Hall–Kier alpha value is -2.92. The highest BCUT2D eigenvalue weighted by molar-refractivity contribution is 6.31. The average molecular weight is 352 g/mol. The van der Waals surface area contributed by atoms with Gasteiger partial charge in [-0.05, 0) is 42.6 Å². The van der Waals surface area contributed by atoms with E-state index in [9.17, 15) is 9.59 Å². The molecule has 0 N–H and O–H groups in total. The van der Waals surface area contributed by atoms with Gasteiger partial charge >= 0.3 is 5.69 Å². The van der Waals surface area contributed by atoms with Gasteiger partial charge in [0.15, 0.2) is 5.82 Å². The molecule has 0 saturated carbocycles. The number of rotatable bonds is 1. The lowest BCUT2D eigenvalue weighted by Crippen LogP contribution is -2.35. The minimum absolute atomic E-state index is 0.326. The van der Waals surface area contributed by atoms with Gasteiger partial charge < -0.3 is 0 Å². The number of aromatic nitrogens is 3. The smallest absolute Gasteiger partial charge is 0.294 e. The predicted octanol–water partition coefficient (Wildman–Crippen LogP) is 3.15. The van der Waals surface area contributed by atoms with E-state index in [1.54, 1.807) is 22.8 Å². The van der Waals surface area contributed by atoms with Crippen molar-refractivity contribution in [2.45, 2.75) is 6.92 Å². The maximum atomic E-state index is 12.6. The van der Waals surface area contributed by atoms with Crippen molar-refractivity contribution in [1.82, 2.24) is 14.1 Å². The molecule has 124 valence electrons. The Morgan fingerprint density at radius 2 is 1.72 bits per heavy atom. The van der Waals surface area contributed by atoms with Crippen molar-refractivity contribution in [3.63, 3.8) is 0 Å². The van der Waals surface area contributed by atoms with E-state index in [2.05, 4.69) is 4.98 Å². The highest BCUT2D eigenvalue weighted by Gasteiger charge is 2.19. The summed E-state index contributed by atoms with van der Waals surface area (Å²) in [6, 6.07) is 15.0. The molecule has 0 atom stereocenters. The summed E-state index contributed by atoms with van der Waals surface area (Å²) in [5.41, 5.74) is 2.14. The first-order valence-corrected chi connectivity index (χ1v) is 8.12. The predicted molar refractivity (Wildman–Crippen MR) is 99.0 cm³/mol. The molecule has 0 aromatic heterocycles. The first-order valence-electron chi connectivity index (χ1n) is 7.75. The average Bonchev–Trinajstić information content (AvgIpc) is 2.60. The van der Waals surface area contributed by atoms with Crippen molar-refractivity contribution in [3.8, 4) is 17.1 Å². The fraction of sp³-hybridized carbons (Fsp3) is 0.105. The second-order valence-electron chi connectivity index (χ2n) is 6.01. The molecule has 2 aliphatic rings. The zero-order valence-corrected chi connectivity index (χ0v) is 14.4. The van der Waals surface area contributed by atoms with Crippen molar-refractivity contribution >= 4 is 22.5 Å². The molecule has 2 heterocycles. The van der Waals surface area contributed by atoms with Crippen LogP contribution in [0.3, 0.4) is 0 Å². The normalized spacial score (nSPS) is 11.3. The van der Waals surface area contributed by atoms with Gasteiger partial charge in [-0.3, -0.25) is 13.9 Å². The summed E-state index contributed by atoms with van der Waals surface area (Å²) in [4.78, 5) is 28.8. The Kier molecular flexibility index (Phi) is 3.47. The molecule has 0 aliphatic carbocycles. The Balaban J connectivity index is 2.26. The van der Waals surface area contributed by atoms with Crippen molar-refractivity contribution in [3.05, 3.63) is 80.0 Å². The van der Waals surface area contributed by atoms with Crippen LogP contribution in [0, 0.1) is 6.92 Å². The summed E-state index contributed by atoms with van der Waals surface area (Å²) >= 11 is 6.18. The highest BCUT2D eigenvalue weighted by atomic mass is 35.5. The van der Waals surface area contributed by atoms with Crippen LogP contribution in [0.1, 0.15) is 5.56 Å². The Morgan fingerprint density at radius 1 is 1.00 bits per heavy atom. The third kappa shape index (κ3) is 2.44. The summed E-state index contributed by atoms with van der Waals surface area (Å²) in [7, 11) is 1.43. The molecule has 0 radical (unpaired) electrons. The minimum Gasteiger partial charge on any atom is -0.294 e. The molecule has 6 heteroatoms. The second-order valence-corrected chi connectivity index (χ2v) is 6.45. The SMILES string of the molecule is Cc1ccc(-n2c3nc(=O)n(C)c(=O)c-3cc3ccc(Cl)cc32)cc1. The molecule has 0 saturated heterocycles. The van der Waals surface area contributed by atoms with Gasteiger partial charge in [0.2, 0.25) is 0 Å². The molecule has 2 aromatic carbocycles. The van der Waals surface area contributed by atoms with Crippen LogP contribution in [0.5, 0.6) is 0 Å². The summed E-state index contributed by atoms with van der Waals surface area (Å²) < 4.78 is 2.82. The maximum Gasteiger partial charge on any atom is 0.352 e. The van der Waals surface area contributed by atoms with E-state index in [0.29, 0.717) is 16.4 Å². The summed E-state index contributed by atoms with van der Waals surface area (Å²) in [6.07, 6.45) is 0. The van der Waals surface area contributed by atoms with E-state index >= 15 is 0 Å². The first-order chi connectivity index (χ1) is 12.0. The lowest BCUT2D eigenvalue weighted by Gasteiger charge is -2.18. The van der Waals surface area contributed by atoms with Gasteiger partial charge in [-0.1, -0.05) is 35.4 Å². The van der Waals surface area contributed by atoms with E-state index in [-0.39, 0.29) is 5.56 Å². The molecule has 0 unspecified atom stereocenters. The molecule has 4 rings (SSSR count). The Labute approximate surface area is 148 Å². The van der Waals surface area contributed by atoms with Crippen molar-refractivity contribution in [1.29, 1.82) is 0 Å². The molecule has 0 spiro atoms. The molecule has 2 aromatic rings. The lowest BCUT2D eigenvalue weighted by molar-refractivity contribution is 0.766. The van der Waals surface area contributed by atoms with Gasteiger partial charge in [-0.15, -0.1) is 0 Å². The topological polar surface area (TPSA) is 56.9 Å². The third-order valence-corrected chi connectivity index (χ3v) is 4.54. The van der Waals surface area contributed by atoms with Crippen molar-refractivity contribution in [2.75, 3.05) is 0 Å². The van der Waals surface area contributed by atoms with E-state index in [4.69, 9.17) is 11.6 Å². The van der Waals surface area contributed by atoms with Crippen molar-refractivity contribution < 1.29 is 0 Å². The number of aryl methyl sites for hydroxylation is 1. The van der Waals surface area contributed by atoms with Crippen LogP contribution in [-0.2, 0) is 7.05 Å². The zero-order chi connectivity index (χ0) is 17.7. The summed E-state index contributed by atoms with van der Waals surface area (Å²) in [6.45, 7) is 2.00. The number of hydrogen-bond acceptors (Lipinski definition) is 3. The van der Waals surface area contributed by atoms with E-state index in [0.717, 1.165) is 26.7 Å². The number of halogens is 1. The fourth-order valence-electron chi connectivity index (χ4n) is 2.94. The van der Waals surface area contributed by atoms with Gasteiger partial charge in [-0.25, -0.2) is 4.79 Å². The van der Waals surface area contributed by atoms with Crippen LogP contribution in [0.2, 0.25) is 5.02 Å². The monoisotopic (exact) mass is 351 g/mol. The fourth-order valence-corrected chi connectivity index (χ4v) is 3.11. The van der Waals surface area contributed by atoms with E-state index in [1.807, 2.05) is 37.3 Å². The molecule has 0 amide bonds. The number of hydrogen-bond donors (Lipinski definition) is 0. The molecule has 0 bridgehead atoms. The molecular weight excluding hydrogens is 338 g/mol. The molecule has 25 heavy (non-hydrogen) atoms. The van der Waals surface area contributed by atoms with Gasteiger partial charge in [0, 0.05) is 17.8 Å². The quantitative estimate of drug-likeness (QED) is 0.495. The maximum absolute atomic E-state index is 12.6. The Morgan fingerprint density at radius 3 is 2.44 bits per heavy atom. The largest absolute Gasteiger partial charge is 0.352 e. The van der Waals surface area contributed by atoms with Crippen LogP contribution in [0.15, 0.2) is 58.1 Å². The second kappa shape index (κ2) is 5.57. The van der Waals surface area contributed by atoms with Crippen LogP contribution < -0.4 is 11.2 Å². The van der Waals surface area contributed by atoms with E-state index < -0.39 is 5.69 Å². The Bertz CT molecular complexity index is 1210. The molecule has 5 nitrogen and oxygen atoms in total. The number of pyridine rings is 1. The molecule has 2 aliphatic heterocycles. The van der Waals surface area contributed by atoms with Gasteiger partial charge in [0.25, 0.3) is 5.56 Å². The standard InChI is InChI=1S/C19H14ClN3O2/c1-11-3-7-14(8-4-11)23-16-10-13(20)6-5-12(16)9-15-17(23)21-19(25)22(2)18(15)24/h3-10H,1-2H3. The van der Waals surface area contributed by atoms with Crippen LogP contribution >= 0.6 is 11.6 Å². The number of benzene rings is 2. The third-order valence-electron chi connectivity index (χ3n) is 4.30. The lowest BCUT2D eigenvalue weighted by atomic mass is 10.1.